The topological polar surface area (TPSA) is 81.7 Å². The van der Waals surface area contributed by atoms with E-state index < -0.39 is 23.6 Å². The largest absolute Gasteiger partial charge is 0.460 e. The molecule has 0 radical (unpaired) electrons. The monoisotopic (exact) mass is 387 g/mol. The maximum Gasteiger partial charge on any atom is 0.307 e. The van der Waals surface area contributed by atoms with Gasteiger partial charge in [-0.05, 0) is 39.2 Å². The molecule has 1 N–H and O–H groups in total. The maximum absolute atomic E-state index is 12.7. The number of nitrogens with one attached hydrogen (secondary N) is 1. The van der Waals surface area contributed by atoms with Crippen LogP contribution in [0.4, 0.5) is 0 Å². The Balaban J connectivity index is 2.11. The number of cyclic esters (lactones) is 1. The average molecular weight is 387 g/mol. The summed E-state index contributed by atoms with van der Waals surface area (Å²) in [6.07, 6.45) is 4.32. The van der Waals surface area contributed by atoms with Gasteiger partial charge in [0.1, 0.15) is 11.7 Å². The molecule has 6 heteroatoms. The smallest absolute Gasteiger partial charge is 0.307 e. The summed E-state index contributed by atoms with van der Waals surface area (Å²) in [5, 5.41) is 2.83. The molecule has 2 atom stereocenters. The molecule has 0 saturated carbocycles. The van der Waals surface area contributed by atoms with Gasteiger partial charge in [0.05, 0.1) is 18.9 Å². The van der Waals surface area contributed by atoms with Gasteiger partial charge < -0.3 is 14.8 Å². The summed E-state index contributed by atoms with van der Waals surface area (Å²) < 4.78 is 10.9. The van der Waals surface area contributed by atoms with E-state index in [0.717, 1.165) is 5.56 Å². The standard InChI is InChI=1S/C22H29NO5/c1-22(2,3)28-20(25)14-17-12-8-5-9-13-19(24)27-18(15-23-21(17)26)16-10-6-4-7-11-16/h4-8,10-11,17-18H,9,12-15H2,1-3H3,(H,23,26)/b8-5+/t17-,18?/m0/s1. The SMILES string of the molecule is CC(C)(C)OC(=O)C[C@@H]1C/C=C/CCC(=O)OC(c2ccccc2)CNC1=O. The molecule has 152 valence electrons. The van der Waals surface area contributed by atoms with Crippen molar-refractivity contribution in [1.29, 1.82) is 0 Å². The van der Waals surface area contributed by atoms with E-state index >= 15 is 0 Å². The average Bonchev–Trinajstić information content (AvgIpc) is 2.62. The van der Waals surface area contributed by atoms with E-state index in [-0.39, 0.29) is 31.3 Å². The number of carbonyl (C=O) groups is 3. The van der Waals surface area contributed by atoms with Crippen LogP contribution >= 0.6 is 0 Å². The van der Waals surface area contributed by atoms with Crippen molar-refractivity contribution in [2.24, 2.45) is 5.92 Å². The zero-order chi connectivity index (χ0) is 20.6. The third-order valence-electron chi connectivity index (χ3n) is 4.21. The van der Waals surface area contributed by atoms with E-state index in [1.807, 2.05) is 42.5 Å². The van der Waals surface area contributed by atoms with Crippen molar-refractivity contribution in [2.45, 2.75) is 58.2 Å². The van der Waals surface area contributed by atoms with Crippen LogP contribution in [0.25, 0.3) is 0 Å². The van der Waals surface area contributed by atoms with Crippen LogP contribution in [0.15, 0.2) is 42.5 Å². The van der Waals surface area contributed by atoms with Crippen molar-refractivity contribution in [3.05, 3.63) is 48.0 Å². The molecule has 1 aromatic carbocycles. The van der Waals surface area contributed by atoms with E-state index in [1.165, 1.54) is 0 Å². The molecule has 1 aliphatic rings. The molecule has 2 rings (SSSR count). The highest BCUT2D eigenvalue weighted by molar-refractivity contribution is 5.84. The Bertz CT molecular complexity index is 705. The quantitative estimate of drug-likeness (QED) is 0.634. The minimum atomic E-state index is -0.596. The highest BCUT2D eigenvalue weighted by atomic mass is 16.6. The molecule has 0 aliphatic carbocycles. The summed E-state index contributed by atoms with van der Waals surface area (Å²) in [6.45, 7) is 5.54. The number of hydrogen-bond donors (Lipinski definition) is 1. The zero-order valence-electron chi connectivity index (χ0n) is 16.8. The van der Waals surface area contributed by atoms with Gasteiger partial charge in [0, 0.05) is 6.42 Å². The number of esters is 2. The van der Waals surface area contributed by atoms with Gasteiger partial charge in [-0.2, -0.15) is 0 Å². The minimum absolute atomic E-state index is 0.00321. The molecule has 1 amide bonds. The fraction of sp³-hybridized carbons (Fsp3) is 0.500. The third kappa shape index (κ3) is 7.55. The summed E-state index contributed by atoms with van der Waals surface area (Å²) >= 11 is 0. The molecule has 1 aromatic rings. The minimum Gasteiger partial charge on any atom is -0.460 e. The van der Waals surface area contributed by atoms with Gasteiger partial charge in [-0.1, -0.05) is 42.5 Å². The first-order valence-electron chi connectivity index (χ1n) is 9.63. The predicted molar refractivity (Wildman–Crippen MR) is 105 cm³/mol. The van der Waals surface area contributed by atoms with E-state index in [0.29, 0.717) is 12.8 Å². The Morgan fingerprint density at radius 2 is 1.89 bits per heavy atom. The molecule has 28 heavy (non-hydrogen) atoms. The summed E-state index contributed by atoms with van der Waals surface area (Å²) in [7, 11) is 0. The van der Waals surface area contributed by atoms with Crippen LogP contribution in [0, 0.1) is 5.92 Å². The van der Waals surface area contributed by atoms with Crippen molar-refractivity contribution in [3.8, 4) is 0 Å². The molecule has 0 aromatic heterocycles. The first-order chi connectivity index (χ1) is 13.2. The second-order valence-electron chi connectivity index (χ2n) is 7.87. The predicted octanol–water partition coefficient (Wildman–Crippen LogP) is 3.48. The van der Waals surface area contributed by atoms with E-state index in [2.05, 4.69) is 5.32 Å². The van der Waals surface area contributed by atoms with Crippen LogP contribution < -0.4 is 5.32 Å². The second-order valence-corrected chi connectivity index (χ2v) is 7.87. The Hall–Kier alpha value is -2.63. The number of amides is 1. The van der Waals surface area contributed by atoms with Gasteiger partial charge in [0.25, 0.3) is 0 Å². The molecule has 0 spiro atoms. The van der Waals surface area contributed by atoms with E-state index in [9.17, 15) is 14.4 Å². The molecule has 0 fully saturated rings. The van der Waals surface area contributed by atoms with Crippen LogP contribution in [0.3, 0.4) is 0 Å². The zero-order valence-corrected chi connectivity index (χ0v) is 16.8. The fourth-order valence-electron chi connectivity index (χ4n) is 2.90. The molecule has 0 saturated heterocycles. The number of ether oxygens (including phenoxy) is 2. The van der Waals surface area contributed by atoms with Gasteiger partial charge in [0.2, 0.25) is 5.91 Å². The summed E-state index contributed by atoms with van der Waals surface area (Å²) in [5.41, 5.74) is 0.217. The molecule has 1 aliphatic heterocycles. The van der Waals surface area contributed by atoms with Crippen molar-refractivity contribution in [3.63, 3.8) is 0 Å². The van der Waals surface area contributed by atoms with Crippen molar-refractivity contribution < 1.29 is 23.9 Å². The molecular weight excluding hydrogens is 358 g/mol. The van der Waals surface area contributed by atoms with Gasteiger partial charge >= 0.3 is 11.9 Å². The van der Waals surface area contributed by atoms with Crippen LogP contribution in [-0.4, -0.2) is 30.0 Å². The van der Waals surface area contributed by atoms with Crippen LogP contribution in [0.2, 0.25) is 0 Å². The van der Waals surface area contributed by atoms with E-state index in [4.69, 9.17) is 9.47 Å². The lowest BCUT2D eigenvalue weighted by Crippen LogP contribution is -2.37. The number of allylic oxidation sites excluding steroid dienone is 2. The summed E-state index contributed by atoms with van der Waals surface area (Å²) in [6, 6.07) is 9.30. The van der Waals surface area contributed by atoms with Gasteiger partial charge in [-0.15, -0.1) is 0 Å². The first kappa shape index (κ1) is 21.7. The van der Waals surface area contributed by atoms with Crippen LogP contribution in [-0.2, 0) is 23.9 Å². The van der Waals surface area contributed by atoms with Gasteiger partial charge in [-0.25, -0.2) is 0 Å². The Morgan fingerprint density at radius 3 is 2.57 bits per heavy atom. The maximum atomic E-state index is 12.7. The highest BCUT2D eigenvalue weighted by Crippen LogP contribution is 2.20. The summed E-state index contributed by atoms with van der Waals surface area (Å²) in [4.78, 5) is 37.0. The Morgan fingerprint density at radius 1 is 1.18 bits per heavy atom. The fourth-order valence-corrected chi connectivity index (χ4v) is 2.90. The molecular formula is C22H29NO5. The normalized spacial score (nSPS) is 22.8. The van der Waals surface area contributed by atoms with Crippen molar-refractivity contribution in [1.82, 2.24) is 5.32 Å². The summed E-state index contributed by atoms with van der Waals surface area (Å²) in [5.74, 6) is -1.50. The number of carbonyl (C=O) groups excluding carboxylic acids is 3. The number of benzene rings is 1. The van der Waals surface area contributed by atoms with E-state index in [1.54, 1.807) is 20.8 Å². The Kier molecular flexibility index (Phi) is 7.79. The third-order valence-corrected chi connectivity index (χ3v) is 4.21. The second kappa shape index (κ2) is 10.1. The molecule has 1 heterocycles. The van der Waals surface area contributed by atoms with Crippen LogP contribution in [0.5, 0.6) is 0 Å². The first-order valence-corrected chi connectivity index (χ1v) is 9.63. The van der Waals surface area contributed by atoms with Crippen LogP contribution in [0.1, 0.15) is 58.1 Å². The molecule has 0 bridgehead atoms. The lowest BCUT2D eigenvalue weighted by atomic mass is 9.99. The van der Waals surface area contributed by atoms with Crippen molar-refractivity contribution in [2.75, 3.05) is 6.54 Å². The lowest BCUT2D eigenvalue weighted by molar-refractivity contribution is -0.157. The molecule has 1 unspecified atom stereocenters. The number of hydrogen-bond acceptors (Lipinski definition) is 5. The molecule has 6 nitrogen and oxygen atoms in total. The Labute approximate surface area is 166 Å². The van der Waals surface area contributed by atoms with Gasteiger partial charge in [0.15, 0.2) is 0 Å². The van der Waals surface area contributed by atoms with Gasteiger partial charge in [-0.3, -0.25) is 14.4 Å². The number of rotatable bonds is 3. The van der Waals surface area contributed by atoms with Crippen molar-refractivity contribution >= 4 is 17.8 Å². The lowest BCUT2D eigenvalue weighted by Gasteiger charge is -2.23. The highest BCUT2D eigenvalue weighted by Gasteiger charge is 2.26.